The molecule has 130 valence electrons. The number of alkyl halides is 1. The molecule has 0 fully saturated rings. The molecule has 0 aliphatic rings. The highest BCUT2D eigenvalue weighted by Crippen LogP contribution is 2.09. The van der Waals surface area contributed by atoms with Crippen LogP contribution in [0.4, 0.5) is 0 Å². The minimum absolute atomic E-state index is 0.187. The normalized spacial score (nSPS) is 12.7. The van der Waals surface area contributed by atoms with Crippen molar-refractivity contribution in [1.29, 1.82) is 0 Å². The smallest absolute Gasteiger partial charge is 0.335 e. The van der Waals surface area contributed by atoms with Crippen molar-refractivity contribution in [3.63, 3.8) is 0 Å². The molecule has 0 spiro atoms. The Morgan fingerprint density at radius 1 is 1.05 bits per heavy atom. The minimum Gasteiger partial charge on any atom is -0.464 e. The summed E-state index contributed by atoms with van der Waals surface area (Å²) in [6.07, 6.45) is 13.0. The highest BCUT2D eigenvalue weighted by molar-refractivity contribution is 9.09. The van der Waals surface area contributed by atoms with Crippen molar-refractivity contribution < 1.29 is 14.3 Å². The fourth-order valence-corrected chi connectivity index (χ4v) is 2.43. The zero-order chi connectivity index (χ0) is 16.5. The summed E-state index contributed by atoms with van der Waals surface area (Å²) in [6, 6.07) is 0. The summed E-state index contributed by atoms with van der Waals surface area (Å²) >= 11 is 3.42. The standard InChI is InChI=1S/C18H33BrO3/c1-3-5-7-11-15-21-17(13-6-4-2)18(20)22-16-12-9-8-10-14-19/h5,7,17H,3-4,6,8-16H2,1-2H3/b7-5-. The average molecular weight is 377 g/mol. The Morgan fingerprint density at radius 2 is 1.82 bits per heavy atom. The first-order valence-corrected chi connectivity index (χ1v) is 9.87. The molecule has 4 heteroatoms. The van der Waals surface area contributed by atoms with E-state index in [1.807, 2.05) is 0 Å². The number of ether oxygens (including phenoxy) is 2. The maximum atomic E-state index is 12.1. The first-order valence-electron chi connectivity index (χ1n) is 8.75. The zero-order valence-corrected chi connectivity index (χ0v) is 15.9. The van der Waals surface area contributed by atoms with E-state index in [0.29, 0.717) is 13.2 Å². The zero-order valence-electron chi connectivity index (χ0n) is 14.3. The number of hydrogen-bond donors (Lipinski definition) is 0. The van der Waals surface area contributed by atoms with Crippen molar-refractivity contribution in [3.8, 4) is 0 Å². The molecule has 0 radical (unpaired) electrons. The van der Waals surface area contributed by atoms with E-state index >= 15 is 0 Å². The van der Waals surface area contributed by atoms with Gasteiger partial charge in [0.05, 0.1) is 13.2 Å². The van der Waals surface area contributed by atoms with Crippen LogP contribution >= 0.6 is 15.9 Å². The number of allylic oxidation sites excluding steroid dienone is 1. The molecule has 0 rings (SSSR count). The molecule has 0 aromatic heterocycles. The van der Waals surface area contributed by atoms with E-state index in [2.05, 4.69) is 41.9 Å². The second-order valence-corrected chi connectivity index (χ2v) is 6.23. The van der Waals surface area contributed by atoms with Gasteiger partial charge in [-0.25, -0.2) is 4.79 Å². The molecule has 0 amide bonds. The lowest BCUT2D eigenvalue weighted by Crippen LogP contribution is -2.27. The van der Waals surface area contributed by atoms with Crippen molar-refractivity contribution in [2.24, 2.45) is 0 Å². The van der Waals surface area contributed by atoms with E-state index in [0.717, 1.165) is 50.3 Å². The van der Waals surface area contributed by atoms with Crippen LogP contribution in [0.15, 0.2) is 12.2 Å². The highest BCUT2D eigenvalue weighted by Gasteiger charge is 2.19. The summed E-state index contributed by atoms with van der Waals surface area (Å²) in [5, 5.41) is 1.05. The van der Waals surface area contributed by atoms with E-state index in [4.69, 9.17) is 9.47 Å². The number of rotatable bonds is 15. The summed E-state index contributed by atoms with van der Waals surface area (Å²) in [4.78, 5) is 12.1. The second kappa shape index (κ2) is 17.0. The maximum Gasteiger partial charge on any atom is 0.335 e. The van der Waals surface area contributed by atoms with Crippen molar-refractivity contribution in [2.75, 3.05) is 18.5 Å². The molecule has 0 aromatic carbocycles. The summed E-state index contributed by atoms with van der Waals surface area (Å²) < 4.78 is 11.1. The monoisotopic (exact) mass is 376 g/mol. The molecule has 0 N–H and O–H groups in total. The predicted octanol–water partition coefficient (Wildman–Crippen LogP) is 5.42. The summed E-state index contributed by atoms with van der Waals surface area (Å²) in [5.41, 5.74) is 0. The van der Waals surface area contributed by atoms with Gasteiger partial charge < -0.3 is 9.47 Å². The van der Waals surface area contributed by atoms with Gasteiger partial charge in [-0.15, -0.1) is 0 Å². The summed E-state index contributed by atoms with van der Waals surface area (Å²) in [6.45, 7) is 5.33. The lowest BCUT2D eigenvalue weighted by Gasteiger charge is -2.16. The third kappa shape index (κ3) is 13.3. The van der Waals surface area contributed by atoms with Gasteiger partial charge in [-0.3, -0.25) is 0 Å². The quantitative estimate of drug-likeness (QED) is 0.166. The molecule has 1 atom stereocenters. The first-order chi connectivity index (χ1) is 10.8. The molecule has 3 nitrogen and oxygen atoms in total. The van der Waals surface area contributed by atoms with Crippen molar-refractivity contribution in [1.82, 2.24) is 0 Å². The number of hydrogen-bond acceptors (Lipinski definition) is 3. The van der Waals surface area contributed by atoms with Gasteiger partial charge in [-0.2, -0.15) is 0 Å². The molecule has 22 heavy (non-hydrogen) atoms. The van der Waals surface area contributed by atoms with Crippen LogP contribution in [-0.4, -0.2) is 30.6 Å². The molecule has 1 unspecified atom stereocenters. The number of halogens is 1. The number of esters is 1. The van der Waals surface area contributed by atoms with E-state index < -0.39 is 6.10 Å². The van der Waals surface area contributed by atoms with Crippen LogP contribution in [0.25, 0.3) is 0 Å². The first kappa shape index (κ1) is 21.6. The third-order valence-electron chi connectivity index (χ3n) is 3.36. The molecule has 0 aliphatic heterocycles. The molecule has 0 aliphatic carbocycles. The van der Waals surface area contributed by atoms with E-state index in [9.17, 15) is 4.79 Å². The lowest BCUT2D eigenvalue weighted by molar-refractivity contribution is -0.157. The molecular formula is C18H33BrO3. The summed E-state index contributed by atoms with van der Waals surface area (Å²) in [5.74, 6) is -0.187. The molecule has 0 heterocycles. The Morgan fingerprint density at radius 3 is 2.50 bits per heavy atom. The maximum absolute atomic E-state index is 12.1. The van der Waals surface area contributed by atoms with Crippen molar-refractivity contribution in [2.45, 2.75) is 77.7 Å². The molecule has 0 saturated heterocycles. The average Bonchev–Trinajstić information content (AvgIpc) is 2.53. The van der Waals surface area contributed by atoms with Crippen molar-refractivity contribution in [3.05, 3.63) is 12.2 Å². The Bertz CT molecular complexity index is 280. The Balaban J connectivity index is 3.91. The second-order valence-electron chi connectivity index (χ2n) is 5.44. The predicted molar refractivity (Wildman–Crippen MR) is 96.5 cm³/mol. The molecule has 0 bridgehead atoms. The van der Waals surface area contributed by atoms with Gasteiger partial charge in [-0.05, 0) is 32.1 Å². The summed E-state index contributed by atoms with van der Waals surface area (Å²) in [7, 11) is 0. The van der Waals surface area contributed by atoms with Crippen LogP contribution in [0.5, 0.6) is 0 Å². The number of carbonyl (C=O) groups excluding carboxylic acids is 1. The van der Waals surface area contributed by atoms with Gasteiger partial charge in [0.15, 0.2) is 6.10 Å². The Labute approximate surface area is 145 Å². The van der Waals surface area contributed by atoms with E-state index in [1.165, 1.54) is 12.8 Å². The number of carbonyl (C=O) groups is 1. The van der Waals surface area contributed by atoms with Crippen LogP contribution in [0.2, 0.25) is 0 Å². The van der Waals surface area contributed by atoms with Gasteiger partial charge >= 0.3 is 5.97 Å². The van der Waals surface area contributed by atoms with Gasteiger partial charge in [0.25, 0.3) is 0 Å². The van der Waals surface area contributed by atoms with Gasteiger partial charge in [0.1, 0.15) is 0 Å². The van der Waals surface area contributed by atoms with Crippen LogP contribution < -0.4 is 0 Å². The van der Waals surface area contributed by atoms with Crippen LogP contribution in [0.3, 0.4) is 0 Å². The Hall–Kier alpha value is -0.350. The fraction of sp³-hybridized carbons (Fsp3) is 0.833. The molecule has 0 aromatic rings. The number of unbranched alkanes of at least 4 members (excludes halogenated alkanes) is 4. The largest absolute Gasteiger partial charge is 0.464 e. The van der Waals surface area contributed by atoms with Gasteiger partial charge in [0, 0.05) is 5.33 Å². The van der Waals surface area contributed by atoms with Crippen LogP contribution in [0, 0.1) is 0 Å². The molecule has 0 saturated carbocycles. The van der Waals surface area contributed by atoms with Crippen LogP contribution in [0.1, 0.15) is 71.6 Å². The minimum atomic E-state index is -0.391. The van der Waals surface area contributed by atoms with Gasteiger partial charge in [0.2, 0.25) is 0 Å². The topological polar surface area (TPSA) is 35.5 Å². The Kier molecular flexibility index (Phi) is 16.7. The third-order valence-corrected chi connectivity index (χ3v) is 3.92. The lowest BCUT2D eigenvalue weighted by atomic mass is 10.1. The van der Waals surface area contributed by atoms with Crippen LogP contribution in [-0.2, 0) is 14.3 Å². The van der Waals surface area contributed by atoms with Crippen molar-refractivity contribution >= 4 is 21.9 Å². The SMILES string of the molecule is CC/C=C\CCOC(CCCC)C(=O)OCCCCCCBr. The van der Waals surface area contributed by atoms with E-state index in [-0.39, 0.29) is 5.97 Å². The molecular weight excluding hydrogens is 344 g/mol. The fourth-order valence-electron chi connectivity index (χ4n) is 2.04. The van der Waals surface area contributed by atoms with E-state index in [1.54, 1.807) is 0 Å². The van der Waals surface area contributed by atoms with Gasteiger partial charge in [-0.1, -0.05) is 67.6 Å². The highest BCUT2D eigenvalue weighted by atomic mass is 79.9.